The van der Waals surface area contributed by atoms with Crippen molar-refractivity contribution >= 4 is 22.1 Å². The van der Waals surface area contributed by atoms with E-state index >= 15 is 0 Å². The molecule has 358 valence electrons. The zero-order chi connectivity index (χ0) is 45.5. The Kier molecular flexibility index (Phi) is 35.9. The fraction of sp³-hybridized carbons (Fsp3) is 0.755. The van der Waals surface area contributed by atoms with Gasteiger partial charge >= 0.3 is 11.9 Å². The summed E-state index contributed by atoms with van der Waals surface area (Å²) in [6, 6.07) is 0. The van der Waals surface area contributed by atoms with Crippen molar-refractivity contribution < 1.29 is 56.8 Å². The number of hydrogen-bond donors (Lipinski definition) is 4. The fourth-order valence-electron chi connectivity index (χ4n) is 6.84. The van der Waals surface area contributed by atoms with Gasteiger partial charge in [-0.15, -0.1) is 0 Å². The number of esters is 2. The Morgan fingerprint density at radius 1 is 0.548 bits per heavy atom. The third kappa shape index (κ3) is 32.9. The molecule has 0 amide bonds. The highest BCUT2D eigenvalue weighted by atomic mass is 32.2. The van der Waals surface area contributed by atoms with Crippen molar-refractivity contribution in [3.05, 3.63) is 60.8 Å². The number of aliphatic hydroxyl groups is 3. The molecule has 1 heterocycles. The van der Waals surface area contributed by atoms with Crippen molar-refractivity contribution in [3.63, 3.8) is 0 Å². The lowest BCUT2D eigenvalue weighted by atomic mass is 10.00. The second-order valence-electron chi connectivity index (χ2n) is 16.4. The molecule has 0 aliphatic carbocycles. The van der Waals surface area contributed by atoms with E-state index in [1.165, 1.54) is 77.0 Å². The maximum absolute atomic E-state index is 12.8. The summed E-state index contributed by atoms with van der Waals surface area (Å²) in [6.45, 7) is 3.68. The average molecular weight is 897 g/mol. The molecule has 13 heteroatoms. The van der Waals surface area contributed by atoms with Gasteiger partial charge in [0.15, 0.2) is 12.4 Å². The van der Waals surface area contributed by atoms with E-state index < -0.39 is 71.2 Å². The topological polar surface area (TPSA) is 186 Å². The maximum Gasteiger partial charge on any atom is 0.306 e. The van der Waals surface area contributed by atoms with Gasteiger partial charge in [0.05, 0.1) is 6.61 Å². The number of carbonyl (C=O) groups is 2. The Bertz CT molecular complexity index is 1370. The van der Waals surface area contributed by atoms with Crippen LogP contribution in [0.25, 0.3) is 0 Å². The third-order valence-corrected chi connectivity index (χ3v) is 11.3. The van der Waals surface area contributed by atoms with Crippen LogP contribution in [0.2, 0.25) is 0 Å². The first-order valence-corrected chi connectivity index (χ1v) is 25.5. The molecule has 0 bridgehead atoms. The number of allylic oxidation sites excluding steroid dienone is 10. The summed E-state index contributed by atoms with van der Waals surface area (Å²) >= 11 is 0. The lowest BCUT2D eigenvalue weighted by Crippen LogP contribution is -2.60. The predicted octanol–water partition coefficient (Wildman–Crippen LogP) is 10.1. The molecule has 1 saturated heterocycles. The lowest BCUT2D eigenvalue weighted by Gasteiger charge is -2.40. The first kappa shape index (κ1) is 57.4. The molecule has 1 aliphatic heterocycles. The fourth-order valence-corrected chi connectivity index (χ4v) is 7.53. The Labute approximate surface area is 375 Å². The molecular weight excluding hydrogens is 813 g/mol. The van der Waals surface area contributed by atoms with Crippen LogP contribution in [0.15, 0.2) is 60.8 Å². The number of carbonyl (C=O) groups excluding carboxylic acids is 2. The minimum atomic E-state index is -4.61. The molecule has 4 N–H and O–H groups in total. The molecule has 1 rings (SSSR count). The highest BCUT2D eigenvalue weighted by Crippen LogP contribution is 2.24. The van der Waals surface area contributed by atoms with Crippen molar-refractivity contribution in [2.24, 2.45) is 0 Å². The van der Waals surface area contributed by atoms with Crippen LogP contribution in [0.1, 0.15) is 181 Å². The van der Waals surface area contributed by atoms with Crippen LogP contribution in [-0.4, -0.2) is 96.0 Å². The van der Waals surface area contributed by atoms with Gasteiger partial charge in [-0.25, -0.2) is 0 Å². The lowest BCUT2D eigenvalue weighted by molar-refractivity contribution is -0.297. The second kappa shape index (κ2) is 38.8. The van der Waals surface area contributed by atoms with E-state index in [1.54, 1.807) is 0 Å². The van der Waals surface area contributed by atoms with Crippen molar-refractivity contribution in [1.82, 2.24) is 0 Å². The van der Waals surface area contributed by atoms with Gasteiger partial charge in [-0.1, -0.05) is 152 Å². The van der Waals surface area contributed by atoms with Gasteiger partial charge in [0, 0.05) is 12.8 Å². The van der Waals surface area contributed by atoms with E-state index in [9.17, 15) is 37.9 Å². The van der Waals surface area contributed by atoms with Crippen LogP contribution in [-0.2, 0) is 38.7 Å². The number of aliphatic hydroxyl groups excluding tert-OH is 3. The Morgan fingerprint density at radius 3 is 1.53 bits per heavy atom. The molecule has 0 spiro atoms. The van der Waals surface area contributed by atoms with Crippen LogP contribution in [0.3, 0.4) is 0 Å². The Morgan fingerprint density at radius 2 is 0.984 bits per heavy atom. The first-order chi connectivity index (χ1) is 30.0. The Hall–Kier alpha value is -2.65. The normalized spacial score (nSPS) is 20.4. The predicted molar refractivity (Wildman–Crippen MR) is 247 cm³/mol. The number of unbranched alkanes of at least 4 members (excludes halogenated alkanes) is 17. The van der Waals surface area contributed by atoms with Crippen LogP contribution in [0, 0.1) is 0 Å². The Balaban J connectivity index is 2.47. The molecular formula is C49H84O12S. The summed E-state index contributed by atoms with van der Waals surface area (Å²) in [4.78, 5) is 25.4. The smallest absolute Gasteiger partial charge is 0.306 e. The van der Waals surface area contributed by atoms with Crippen molar-refractivity contribution in [2.45, 2.75) is 218 Å². The van der Waals surface area contributed by atoms with E-state index in [-0.39, 0.29) is 19.4 Å². The highest BCUT2D eigenvalue weighted by molar-refractivity contribution is 7.85. The summed E-state index contributed by atoms with van der Waals surface area (Å²) < 4.78 is 54.1. The summed E-state index contributed by atoms with van der Waals surface area (Å²) in [5.41, 5.74) is 0. The van der Waals surface area contributed by atoms with Crippen LogP contribution in [0.5, 0.6) is 0 Å². The van der Waals surface area contributed by atoms with E-state index in [2.05, 4.69) is 62.5 Å². The minimum absolute atomic E-state index is 0.0856. The largest absolute Gasteiger partial charge is 0.462 e. The molecule has 0 aromatic rings. The zero-order valence-corrected chi connectivity index (χ0v) is 39.0. The van der Waals surface area contributed by atoms with Gasteiger partial charge in [0.25, 0.3) is 10.1 Å². The molecule has 0 radical (unpaired) electrons. The molecule has 1 fully saturated rings. The molecule has 62 heavy (non-hydrogen) atoms. The molecule has 0 aromatic heterocycles. The summed E-state index contributed by atoms with van der Waals surface area (Å²) in [5.74, 6) is -2.07. The first-order valence-electron chi connectivity index (χ1n) is 23.8. The van der Waals surface area contributed by atoms with Gasteiger partial charge in [-0.2, -0.15) is 8.42 Å². The molecule has 0 aromatic carbocycles. The van der Waals surface area contributed by atoms with Crippen LogP contribution in [0.4, 0.5) is 0 Å². The third-order valence-electron chi connectivity index (χ3n) is 10.6. The SMILES string of the molecule is CCCCC/C=C/C/C=C/C/C=C/C/C=C/CCCC(=O)O[C@H](COC(=O)CCCCCCCCC/C=C/CCCCCCCC)CO[C@H]1O[C@H](CS(=O)(=O)O)[C@@H](O)C(O)C1O. The molecule has 1 aliphatic rings. The van der Waals surface area contributed by atoms with Crippen molar-refractivity contribution in [3.8, 4) is 0 Å². The van der Waals surface area contributed by atoms with Crippen LogP contribution >= 0.6 is 0 Å². The highest BCUT2D eigenvalue weighted by Gasteiger charge is 2.46. The minimum Gasteiger partial charge on any atom is -0.462 e. The molecule has 6 atom stereocenters. The second-order valence-corrected chi connectivity index (χ2v) is 17.9. The van der Waals surface area contributed by atoms with Gasteiger partial charge in [0.2, 0.25) is 0 Å². The van der Waals surface area contributed by atoms with E-state index in [0.29, 0.717) is 19.3 Å². The van der Waals surface area contributed by atoms with Gasteiger partial charge in [0.1, 0.15) is 36.8 Å². The van der Waals surface area contributed by atoms with Crippen molar-refractivity contribution in [1.29, 1.82) is 0 Å². The average Bonchev–Trinajstić information content (AvgIpc) is 3.24. The summed E-state index contributed by atoms with van der Waals surface area (Å²) in [5, 5.41) is 30.9. The summed E-state index contributed by atoms with van der Waals surface area (Å²) in [7, 11) is -4.61. The molecule has 2 unspecified atom stereocenters. The standard InChI is InChI=1S/C49H84O12S/c1-3-5-7-9-11-13-15-17-19-21-23-25-27-29-31-33-35-37-44(50)58-39-42(40-59-49-48(54)47(53)46(52)43(61-49)41-62(55,56)57)60-45(51)38-36-34-32-30-28-26-24-22-20-18-16-14-12-10-8-6-4-2/h12,14,17-20,24,26,30,32,42-43,46-49,52-54H,3-11,13,15-16,21-23,25,27-29,31,33-41H2,1-2H3,(H,55,56,57)/b14-12+,19-17+,20-18+,26-24+,32-30+/t42-,43-,46-,47?,48?,49+/m1/s1. The number of hydrogen-bond acceptors (Lipinski definition) is 11. The molecule has 0 saturated carbocycles. The van der Waals surface area contributed by atoms with Crippen molar-refractivity contribution in [2.75, 3.05) is 19.0 Å². The van der Waals surface area contributed by atoms with E-state index in [0.717, 1.165) is 57.8 Å². The van der Waals surface area contributed by atoms with Crippen LogP contribution < -0.4 is 0 Å². The quantitative estimate of drug-likeness (QED) is 0.0198. The molecule has 12 nitrogen and oxygen atoms in total. The van der Waals surface area contributed by atoms with E-state index in [1.807, 2.05) is 12.2 Å². The van der Waals surface area contributed by atoms with Gasteiger partial charge in [-0.3, -0.25) is 14.1 Å². The van der Waals surface area contributed by atoms with Gasteiger partial charge < -0.3 is 34.3 Å². The number of ether oxygens (including phenoxy) is 4. The summed E-state index contributed by atoms with van der Waals surface area (Å²) in [6.07, 6.45) is 38.4. The van der Waals surface area contributed by atoms with E-state index in [4.69, 9.17) is 18.9 Å². The van der Waals surface area contributed by atoms with Gasteiger partial charge in [-0.05, 0) is 77.0 Å². The number of rotatable bonds is 39. The monoisotopic (exact) mass is 897 g/mol. The zero-order valence-electron chi connectivity index (χ0n) is 38.2. The maximum atomic E-state index is 12.8.